The number of pyridine rings is 3. The Morgan fingerprint density at radius 2 is 1.50 bits per heavy atom. The Morgan fingerprint density at radius 3 is 2.11 bits per heavy atom. The van der Waals surface area contributed by atoms with Crippen LogP contribution in [0.15, 0.2) is 64.4 Å². The van der Waals surface area contributed by atoms with Crippen molar-refractivity contribution in [1.29, 1.82) is 0 Å². The lowest BCUT2D eigenvalue weighted by atomic mass is 10.1. The van der Waals surface area contributed by atoms with Crippen LogP contribution in [0.1, 0.15) is 18.9 Å². The normalized spacial score (nSPS) is 11.2. The van der Waals surface area contributed by atoms with E-state index in [1.165, 1.54) is 0 Å². The molecule has 28 heavy (non-hydrogen) atoms. The van der Waals surface area contributed by atoms with Crippen molar-refractivity contribution in [3.05, 3.63) is 81.1 Å². The van der Waals surface area contributed by atoms with Gasteiger partial charge < -0.3 is 13.9 Å². The Morgan fingerprint density at radius 1 is 0.893 bits per heavy atom. The molecule has 6 heteroatoms. The van der Waals surface area contributed by atoms with Crippen molar-refractivity contribution in [2.75, 3.05) is 7.11 Å². The molecule has 0 radical (unpaired) electrons. The van der Waals surface area contributed by atoms with Gasteiger partial charge in [0.1, 0.15) is 5.75 Å². The van der Waals surface area contributed by atoms with E-state index >= 15 is 0 Å². The standard InChI is InChI=1S/C22H21N3O3/c1-3-10-24-11-8-19-17(21(24)26)13-18-20(23-19)9-12-25(22(18)27)14-15-4-6-16(28-2)7-5-15/h4-9,11-13H,3,10,14H2,1-2H3. The Hall–Kier alpha value is -3.41. The zero-order chi connectivity index (χ0) is 19.7. The van der Waals surface area contributed by atoms with Crippen molar-refractivity contribution >= 4 is 21.8 Å². The second kappa shape index (κ2) is 7.31. The quantitative estimate of drug-likeness (QED) is 0.503. The van der Waals surface area contributed by atoms with Crippen LogP contribution in [0.2, 0.25) is 0 Å². The summed E-state index contributed by atoms with van der Waals surface area (Å²) in [5.41, 5.74) is 1.92. The highest BCUT2D eigenvalue weighted by Crippen LogP contribution is 2.16. The highest BCUT2D eigenvalue weighted by Gasteiger charge is 2.10. The molecule has 3 heterocycles. The predicted octanol–water partition coefficient (Wildman–Crippen LogP) is 3.18. The number of benzene rings is 1. The average molecular weight is 375 g/mol. The maximum atomic E-state index is 13.0. The minimum Gasteiger partial charge on any atom is -0.497 e. The first-order valence-electron chi connectivity index (χ1n) is 9.27. The number of hydrogen-bond donors (Lipinski definition) is 0. The summed E-state index contributed by atoms with van der Waals surface area (Å²) in [5.74, 6) is 0.772. The number of methoxy groups -OCH3 is 1. The smallest absolute Gasteiger partial charge is 0.260 e. The van der Waals surface area contributed by atoms with Crippen molar-refractivity contribution in [2.24, 2.45) is 0 Å². The fourth-order valence-corrected chi connectivity index (χ4v) is 3.37. The third-order valence-electron chi connectivity index (χ3n) is 4.87. The number of rotatable bonds is 5. The van der Waals surface area contributed by atoms with E-state index in [1.807, 2.05) is 43.3 Å². The second-order valence-corrected chi connectivity index (χ2v) is 6.77. The van der Waals surface area contributed by atoms with Gasteiger partial charge in [-0.25, -0.2) is 4.98 Å². The molecule has 3 aromatic heterocycles. The van der Waals surface area contributed by atoms with E-state index < -0.39 is 0 Å². The molecule has 4 aromatic rings. The van der Waals surface area contributed by atoms with Crippen LogP contribution in [0.5, 0.6) is 5.75 Å². The van der Waals surface area contributed by atoms with Crippen LogP contribution in [-0.4, -0.2) is 21.2 Å². The summed E-state index contributed by atoms with van der Waals surface area (Å²) in [6.07, 6.45) is 4.37. The molecule has 0 amide bonds. The van der Waals surface area contributed by atoms with E-state index in [-0.39, 0.29) is 11.1 Å². The molecule has 142 valence electrons. The maximum Gasteiger partial charge on any atom is 0.260 e. The summed E-state index contributed by atoms with van der Waals surface area (Å²) in [4.78, 5) is 30.3. The largest absolute Gasteiger partial charge is 0.497 e. The SMILES string of the molecule is CCCn1ccc2nc3ccn(Cc4ccc(OC)cc4)c(=O)c3cc2c1=O. The second-order valence-electron chi connectivity index (χ2n) is 6.77. The van der Waals surface area contributed by atoms with Crippen LogP contribution < -0.4 is 15.9 Å². The Balaban J connectivity index is 1.82. The van der Waals surface area contributed by atoms with E-state index in [9.17, 15) is 9.59 Å². The van der Waals surface area contributed by atoms with E-state index in [4.69, 9.17) is 4.74 Å². The van der Waals surface area contributed by atoms with Crippen molar-refractivity contribution in [1.82, 2.24) is 14.1 Å². The van der Waals surface area contributed by atoms with Gasteiger partial charge in [-0.05, 0) is 42.3 Å². The van der Waals surface area contributed by atoms with Crippen molar-refractivity contribution in [2.45, 2.75) is 26.4 Å². The maximum absolute atomic E-state index is 13.0. The molecule has 0 aliphatic rings. The zero-order valence-electron chi connectivity index (χ0n) is 15.9. The lowest BCUT2D eigenvalue weighted by Gasteiger charge is -2.09. The Kier molecular flexibility index (Phi) is 4.69. The van der Waals surface area contributed by atoms with Gasteiger partial charge in [0.25, 0.3) is 11.1 Å². The molecule has 1 aromatic carbocycles. The highest BCUT2D eigenvalue weighted by molar-refractivity contribution is 5.91. The van der Waals surface area contributed by atoms with E-state index in [0.717, 1.165) is 17.7 Å². The van der Waals surface area contributed by atoms with Gasteiger partial charge in [0.15, 0.2) is 0 Å². The van der Waals surface area contributed by atoms with Crippen LogP contribution in [0.3, 0.4) is 0 Å². The average Bonchev–Trinajstić information content (AvgIpc) is 2.72. The topological polar surface area (TPSA) is 66.1 Å². The van der Waals surface area contributed by atoms with E-state index in [0.29, 0.717) is 34.9 Å². The predicted molar refractivity (Wildman–Crippen MR) is 110 cm³/mol. The van der Waals surface area contributed by atoms with Gasteiger partial charge in [-0.2, -0.15) is 0 Å². The molecular weight excluding hydrogens is 354 g/mol. The molecule has 0 saturated carbocycles. The minimum absolute atomic E-state index is 0.112. The van der Waals surface area contributed by atoms with Crippen LogP contribution >= 0.6 is 0 Å². The fraction of sp³-hybridized carbons (Fsp3) is 0.227. The molecule has 0 saturated heterocycles. The van der Waals surface area contributed by atoms with E-state index in [2.05, 4.69) is 4.98 Å². The molecule has 4 rings (SSSR count). The molecule has 0 aliphatic carbocycles. The molecule has 0 aliphatic heterocycles. The Labute approximate surface area is 161 Å². The van der Waals surface area contributed by atoms with Crippen LogP contribution in [0.25, 0.3) is 21.8 Å². The van der Waals surface area contributed by atoms with Gasteiger partial charge in [0.2, 0.25) is 0 Å². The van der Waals surface area contributed by atoms with Gasteiger partial charge >= 0.3 is 0 Å². The molecule has 0 atom stereocenters. The summed E-state index contributed by atoms with van der Waals surface area (Å²) in [7, 11) is 1.62. The van der Waals surface area contributed by atoms with Gasteiger partial charge in [0, 0.05) is 18.9 Å². The van der Waals surface area contributed by atoms with Crippen molar-refractivity contribution in [3.8, 4) is 5.75 Å². The van der Waals surface area contributed by atoms with Crippen LogP contribution in [-0.2, 0) is 13.1 Å². The van der Waals surface area contributed by atoms with Crippen LogP contribution in [0, 0.1) is 0 Å². The minimum atomic E-state index is -0.159. The number of ether oxygens (including phenoxy) is 1. The number of aryl methyl sites for hydroxylation is 1. The van der Waals surface area contributed by atoms with Crippen molar-refractivity contribution < 1.29 is 4.74 Å². The molecule has 0 spiro atoms. The van der Waals surface area contributed by atoms with E-state index in [1.54, 1.807) is 34.7 Å². The first-order chi connectivity index (χ1) is 13.6. The zero-order valence-corrected chi connectivity index (χ0v) is 15.9. The van der Waals surface area contributed by atoms with Crippen molar-refractivity contribution in [3.63, 3.8) is 0 Å². The highest BCUT2D eigenvalue weighted by atomic mass is 16.5. The third kappa shape index (κ3) is 3.17. The molecule has 6 nitrogen and oxygen atoms in total. The van der Waals surface area contributed by atoms with Crippen LogP contribution in [0.4, 0.5) is 0 Å². The van der Waals surface area contributed by atoms with Gasteiger partial charge in [-0.15, -0.1) is 0 Å². The monoisotopic (exact) mass is 375 g/mol. The number of aromatic nitrogens is 3. The first kappa shape index (κ1) is 18.0. The van der Waals surface area contributed by atoms with Gasteiger partial charge in [0.05, 0.1) is 35.5 Å². The summed E-state index contributed by atoms with van der Waals surface area (Å²) < 4.78 is 8.46. The molecular formula is C22H21N3O3. The lowest BCUT2D eigenvalue weighted by molar-refractivity contribution is 0.414. The summed E-state index contributed by atoms with van der Waals surface area (Å²) >= 11 is 0. The summed E-state index contributed by atoms with van der Waals surface area (Å²) in [6.45, 7) is 3.10. The third-order valence-corrected chi connectivity index (χ3v) is 4.87. The summed E-state index contributed by atoms with van der Waals surface area (Å²) in [6, 6.07) is 12.9. The lowest BCUT2D eigenvalue weighted by Crippen LogP contribution is -2.22. The molecule has 0 bridgehead atoms. The Bertz CT molecular complexity index is 1270. The number of fused-ring (bicyclic) bond motifs is 2. The summed E-state index contributed by atoms with van der Waals surface area (Å²) in [5, 5.41) is 0.928. The fourth-order valence-electron chi connectivity index (χ4n) is 3.37. The van der Waals surface area contributed by atoms with Gasteiger partial charge in [-0.1, -0.05) is 19.1 Å². The number of nitrogens with zero attached hydrogens (tertiary/aromatic N) is 3. The first-order valence-corrected chi connectivity index (χ1v) is 9.27. The molecule has 0 unspecified atom stereocenters. The molecule has 0 fully saturated rings. The molecule has 0 N–H and O–H groups in total. The van der Waals surface area contributed by atoms with Gasteiger partial charge in [-0.3, -0.25) is 9.59 Å². The number of hydrogen-bond acceptors (Lipinski definition) is 4.